The van der Waals surface area contributed by atoms with E-state index in [0.29, 0.717) is 24.9 Å². The van der Waals surface area contributed by atoms with E-state index in [1.807, 2.05) is 27.7 Å². The average Bonchev–Trinajstić information content (AvgIpc) is 3.10. The summed E-state index contributed by atoms with van der Waals surface area (Å²) in [6, 6.07) is 1.00. The minimum Gasteiger partial charge on any atom is -0.539 e. The van der Waals surface area contributed by atoms with Gasteiger partial charge < -0.3 is 4.43 Å². The lowest BCUT2D eigenvalue weighted by molar-refractivity contribution is 0.0425. The van der Waals surface area contributed by atoms with Crippen molar-refractivity contribution in [2.45, 2.75) is 103 Å². The van der Waals surface area contributed by atoms with Gasteiger partial charge >= 0.3 is 5.92 Å². The molecule has 0 saturated heterocycles. The van der Waals surface area contributed by atoms with E-state index < -0.39 is 77.1 Å². The summed E-state index contributed by atoms with van der Waals surface area (Å²) in [6.45, 7) is 7.78. The number of rotatable bonds is 13. The lowest BCUT2D eigenvalue weighted by Gasteiger charge is -2.36. The van der Waals surface area contributed by atoms with Gasteiger partial charge in [0.1, 0.15) is 0 Å². The maximum atomic E-state index is 15.9. The molecule has 1 aliphatic rings. The number of fused-ring (bicyclic) bond motifs is 3. The standard InChI is InChI=1S/C28H34F8OSi/c1-5-7-9-11-13-38(16(3)4,14-12-10-8-6-2)37-27-24(32)20-19-17(15-18(29)22(30)23(19)31)28(35,36)21(20)25(33)26(27)34/h15-16H,5-14H2,1-4H3. The van der Waals surface area contributed by atoms with E-state index in [9.17, 15) is 13.2 Å². The highest BCUT2D eigenvalue weighted by Gasteiger charge is 2.53. The van der Waals surface area contributed by atoms with Crippen LogP contribution >= 0.6 is 0 Å². The molecule has 0 atom stereocenters. The van der Waals surface area contributed by atoms with Gasteiger partial charge in [-0.05, 0) is 23.7 Å². The van der Waals surface area contributed by atoms with Crippen LogP contribution in [-0.4, -0.2) is 8.32 Å². The molecular weight excluding hydrogens is 532 g/mol. The Balaban J connectivity index is 2.19. The molecule has 3 rings (SSSR count). The van der Waals surface area contributed by atoms with Crippen molar-refractivity contribution in [3.05, 3.63) is 52.1 Å². The second kappa shape index (κ2) is 12.0. The molecule has 0 amide bonds. The second-order valence-electron chi connectivity index (χ2n) is 10.4. The Kier molecular flexibility index (Phi) is 9.58. The largest absolute Gasteiger partial charge is 0.539 e. The molecule has 2 aromatic rings. The van der Waals surface area contributed by atoms with E-state index in [4.69, 9.17) is 4.43 Å². The Hall–Kier alpha value is -2.10. The zero-order chi connectivity index (χ0) is 28.4. The lowest BCUT2D eigenvalue weighted by Crippen LogP contribution is -2.45. The van der Waals surface area contributed by atoms with Crippen molar-refractivity contribution in [3.63, 3.8) is 0 Å². The van der Waals surface area contributed by atoms with Crippen LogP contribution in [0.25, 0.3) is 11.1 Å². The van der Waals surface area contributed by atoms with Crippen LogP contribution in [0.3, 0.4) is 0 Å². The first-order chi connectivity index (χ1) is 17.9. The molecule has 0 aliphatic heterocycles. The van der Waals surface area contributed by atoms with Crippen molar-refractivity contribution >= 4 is 8.32 Å². The fourth-order valence-electron chi connectivity index (χ4n) is 5.31. The summed E-state index contributed by atoms with van der Waals surface area (Å²) in [5.41, 5.74) is -6.09. The van der Waals surface area contributed by atoms with E-state index >= 15 is 22.0 Å². The fourth-order valence-corrected chi connectivity index (χ4v) is 9.43. The molecule has 2 aromatic carbocycles. The van der Waals surface area contributed by atoms with Crippen LogP contribution < -0.4 is 4.43 Å². The minimum absolute atomic E-state index is 0.0142. The molecule has 0 radical (unpaired) electrons. The van der Waals surface area contributed by atoms with Crippen LogP contribution in [0.5, 0.6) is 5.75 Å². The first-order valence-electron chi connectivity index (χ1n) is 13.3. The molecule has 0 aromatic heterocycles. The second-order valence-corrected chi connectivity index (χ2v) is 14.9. The highest BCUT2D eigenvalue weighted by atomic mass is 28.4. The number of hydrogen-bond donors (Lipinski definition) is 0. The molecule has 0 N–H and O–H groups in total. The summed E-state index contributed by atoms with van der Waals surface area (Å²) < 4.78 is 125. The molecule has 38 heavy (non-hydrogen) atoms. The molecule has 212 valence electrons. The molecule has 0 saturated carbocycles. The van der Waals surface area contributed by atoms with E-state index in [-0.39, 0.29) is 11.6 Å². The minimum atomic E-state index is -4.49. The van der Waals surface area contributed by atoms with Crippen molar-refractivity contribution in [2.24, 2.45) is 0 Å². The third-order valence-corrected chi connectivity index (χ3v) is 12.7. The van der Waals surface area contributed by atoms with Gasteiger partial charge in [0.15, 0.2) is 34.8 Å². The maximum absolute atomic E-state index is 15.9. The number of unbranched alkanes of at least 4 members (excludes halogenated alkanes) is 6. The van der Waals surface area contributed by atoms with Crippen molar-refractivity contribution in [2.75, 3.05) is 0 Å². The molecule has 1 aliphatic carbocycles. The molecule has 0 fully saturated rings. The van der Waals surface area contributed by atoms with Gasteiger partial charge in [-0.15, -0.1) is 0 Å². The van der Waals surface area contributed by atoms with E-state index in [1.165, 1.54) is 0 Å². The lowest BCUT2D eigenvalue weighted by atomic mass is 10.0. The van der Waals surface area contributed by atoms with Crippen molar-refractivity contribution in [3.8, 4) is 16.9 Å². The fraction of sp³-hybridized carbons (Fsp3) is 0.571. The Bertz CT molecular complexity index is 1150. The number of hydrogen-bond acceptors (Lipinski definition) is 1. The monoisotopic (exact) mass is 566 g/mol. The molecule has 0 unspecified atom stereocenters. The molecule has 0 heterocycles. The zero-order valence-corrected chi connectivity index (χ0v) is 23.2. The summed E-state index contributed by atoms with van der Waals surface area (Å²) in [4.78, 5) is 0. The normalized spacial score (nSPS) is 14.2. The summed E-state index contributed by atoms with van der Waals surface area (Å²) in [5.74, 6) is -17.6. The Morgan fingerprint density at radius 2 is 1.26 bits per heavy atom. The number of benzene rings is 2. The molecule has 0 bridgehead atoms. The van der Waals surface area contributed by atoms with Crippen LogP contribution in [0.15, 0.2) is 6.07 Å². The van der Waals surface area contributed by atoms with Crippen molar-refractivity contribution in [1.82, 2.24) is 0 Å². The van der Waals surface area contributed by atoms with Crippen LogP contribution in [0.1, 0.15) is 90.2 Å². The van der Waals surface area contributed by atoms with Crippen LogP contribution in [-0.2, 0) is 5.92 Å². The van der Waals surface area contributed by atoms with Crippen LogP contribution in [0, 0.1) is 34.9 Å². The van der Waals surface area contributed by atoms with Gasteiger partial charge in [-0.1, -0.05) is 79.1 Å². The van der Waals surface area contributed by atoms with E-state index in [1.54, 1.807) is 0 Å². The Morgan fingerprint density at radius 3 is 1.76 bits per heavy atom. The van der Waals surface area contributed by atoms with Gasteiger partial charge in [0.05, 0.1) is 5.56 Å². The van der Waals surface area contributed by atoms with Gasteiger partial charge in [0, 0.05) is 16.7 Å². The summed E-state index contributed by atoms with van der Waals surface area (Å²) in [5, 5.41) is 0. The zero-order valence-electron chi connectivity index (χ0n) is 22.2. The maximum Gasteiger partial charge on any atom is 0.302 e. The quantitative estimate of drug-likeness (QED) is 0.0771. The number of alkyl halides is 2. The summed E-state index contributed by atoms with van der Waals surface area (Å²) in [6.07, 6.45) is 6.95. The van der Waals surface area contributed by atoms with Crippen molar-refractivity contribution < 1.29 is 39.5 Å². The van der Waals surface area contributed by atoms with E-state index in [2.05, 4.69) is 0 Å². The first-order valence-corrected chi connectivity index (χ1v) is 15.7. The van der Waals surface area contributed by atoms with Gasteiger partial charge in [-0.25, -0.2) is 22.0 Å². The highest BCUT2D eigenvalue weighted by molar-refractivity contribution is 6.75. The SMILES string of the molecule is CCCCCC[Si](CCCCCC)(Oc1c(F)c(F)c2c(c1F)-c1c(cc(F)c(F)c1F)C2(F)F)C(C)C. The molecule has 0 spiro atoms. The third-order valence-electron chi connectivity index (χ3n) is 7.61. The summed E-state index contributed by atoms with van der Waals surface area (Å²) in [7, 11) is -3.05. The third kappa shape index (κ3) is 5.34. The predicted molar refractivity (Wildman–Crippen MR) is 134 cm³/mol. The van der Waals surface area contributed by atoms with Gasteiger partial charge in [-0.2, -0.15) is 13.2 Å². The number of halogens is 8. The first kappa shape index (κ1) is 30.4. The van der Waals surface area contributed by atoms with Crippen LogP contribution in [0.2, 0.25) is 17.6 Å². The molecular formula is C28H34F8OSi. The topological polar surface area (TPSA) is 9.23 Å². The average molecular weight is 567 g/mol. The Morgan fingerprint density at radius 1 is 0.711 bits per heavy atom. The van der Waals surface area contributed by atoms with E-state index in [0.717, 1.165) is 38.5 Å². The molecule has 10 heteroatoms. The molecule has 1 nitrogen and oxygen atoms in total. The van der Waals surface area contributed by atoms with Crippen molar-refractivity contribution in [1.29, 1.82) is 0 Å². The van der Waals surface area contributed by atoms with Crippen LogP contribution in [0.4, 0.5) is 35.1 Å². The predicted octanol–water partition coefficient (Wildman–Crippen LogP) is 10.5. The highest BCUT2D eigenvalue weighted by Crippen LogP contribution is 2.56. The van der Waals surface area contributed by atoms with Gasteiger partial charge in [-0.3, -0.25) is 0 Å². The van der Waals surface area contributed by atoms with Gasteiger partial charge in [0.25, 0.3) is 8.32 Å². The summed E-state index contributed by atoms with van der Waals surface area (Å²) >= 11 is 0. The Labute approximate surface area is 219 Å². The smallest absolute Gasteiger partial charge is 0.302 e. The van der Waals surface area contributed by atoms with Gasteiger partial charge in [0.2, 0.25) is 5.82 Å².